The number of alkyl carbamates (subject to hydrolysis) is 2. The number of nitrogens with zero attached hydrogens (tertiary/aromatic N) is 4. The van der Waals surface area contributed by atoms with Gasteiger partial charge in [-0.3, -0.25) is 9.59 Å². The van der Waals surface area contributed by atoms with Crippen molar-refractivity contribution in [3.8, 4) is 33.6 Å². The Bertz CT molecular complexity index is 2090. The molecule has 0 bridgehead atoms. The minimum atomic E-state index is -0.934. The molecule has 5 heterocycles. The van der Waals surface area contributed by atoms with Crippen LogP contribution in [0.2, 0.25) is 0 Å². The molecule has 2 fully saturated rings. The van der Waals surface area contributed by atoms with Gasteiger partial charge >= 0.3 is 12.2 Å². The highest BCUT2D eigenvalue weighted by Crippen LogP contribution is 2.43. The molecule has 4 N–H and O–H groups in total. The summed E-state index contributed by atoms with van der Waals surface area (Å²) in [7, 11) is 2.52. The monoisotopic (exact) mass is 766 g/mol. The normalized spacial score (nSPS) is 19.7. The second-order valence-electron chi connectivity index (χ2n) is 14.4. The van der Waals surface area contributed by atoms with Crippen LogP contribution < -0.4 is 10.6 Å². The number of methoxy groups -OCH3 is 2. The maximum atomic E-state index is 13.9. The maximum absolute atomic E-state index is 13.9. The molecule has 56 heavy (non-hydrogen) atoms. The summed E-state index contributed by atoms with van der Waals surface area (Å²) in [4.78, 5) is 70.2. The van der Waals surface area contributed by atoms with Crippen molar-refractivity contribution in [2.75, 3.05) is 40.5 Å². The molecule has 3 aliphatic rings. The Balaban J connectivity index is 1.03. The molecule has 2 aromatic carbocycles. The van der Waals surface area contributed by atoms with Crippen LogP contribution in [0.5, 0.6) is 0 Å². The van der Waals surface area contributed by atoms with E-state index < -0.39 is 36.1 Å². The van der Waals surface area contributed by atoms with Crippen LogP contribution in [0.15, 0.2) is 73.1 Å². The SMILES string of the molecule is COC(=O)N[C@H](C(=O)N1CC2(C[C@H]1c1ncc(-c3ccc(-c4ccc(-c5c[nH]c([C@@H]6C=CCN6C(=O)[C@@H](C)NC(=O)OC)n5)cc4)cc3)[nH]1)OCCO2)C(C)C. The number of benzene rings is 2. The van der Waals surface area contributed by atoms with Gasteiger partial charge in [-0.2, -0.15) is 0 Å². The Labute approximate surface area is 324 Å². The van der Waals surface area contributed by atoms with Gasteiger partial charge in [0.05, 0.1) is 57.6 Å². The van der Waals surface area contributed by atoms with E-state index in [-0.39, 0.29) is 30.3 Å². The molecular weight excluding hydrogens is 720 g/mol. The van der Waals surface area contributed by atoms with Crippen molar-refractivity contribution < 1.29 is 38.1 Å². The van der Waals surface area contributed by atoms with Crippen LogP contribution in [0.4, 0.5) is 9.59 Å². The summed E-state index contributed by atoms with van der Waals surface area (Å²) in [6.07, 6.45) is 6.45. The average Bonchev–Trinajstić information content (AvgIpc) is 4.07. The Kier molecular flexibility index (Phi) is 10.9. The number of ether oxygens (including phenoxy) is 4. The molecule has 16 heteroatoms. The van der Waals surface area contributed by atoms with Crippen LogP contribution in [0.25, 0.3) is 33.6 Å². The molecule has 0 radical (unpaired) electrons. The number of hydrogen-bond acceptors (Lipinski definition) is 10. The predicted molar refractivity (Wildman–Crippen MR) is 204 cm³/mol. The molecule has 0 aliphatic carbocycles. The lowest BCUT2D eigenvalue weighted by atomic mass is 10.0. The Hall–Kier alpha value is -6.00. The summed E-state index contributed by atoms with van der Waals surface area (Å²) in [6, 6.07) is 13.8. The molecule has 294 valence electrons. The first-order valence-corrected chi connectivity index (χ1v) is 18.5. The number of hydrogen-bond donors (Lipinski definition) is 4. The van der Waals surface area contributed by atoms with Crippen LogP contribution in [-0.2, 0) is 28.5 Å². The molecule has 1 spiro atoms. The van der Waals surface area contributed by atoms with E-state index in [1.807, 2.05) is 80.7 Å². The summed E-state index contributed by atoms with van der Waals surface area (Å²) in [5, 5.41) is 5.21. The minimum absolute atomic E-state index is 0.192. The van der Waals surface area contributed by atoms with Crippen LogP contribution in [0, 0.1) is 5.92 Å². The maximum Gasteiger partial charge on any atom is 0.407 e. The first-order valence-electron chi connectivity index (χ1n) is 18.5. The third-order valence-corrected chi connectivity index (χ3v) is 10.4. The summed E-state index contributed by atoms with van der Waals surface area (Å²) in [6.45, 7) is 6.84. The van der Waals surface area contributed by atoms with E-state index in [2.05, 4.69) is 25.3 Å². The van der Waals surface area contributed by atoms with Crippen molar-refractivity contribution in [3.05, 3.63) is 84.7 Å². The number of amides is 4. The Morgan fingerprint density at radius 2 is 1.46 bits per heavy atom. The topological polar surface area (TPSA) is 193 Å². The zero-order valence-corrected chi connectivity index (χ0v) is 31.9. The Morgan fingerprint density at radius 1 is 0.839 bits per heavy atom. The average molecular weight is 767 g/mol. The lowest BCUT2D eigenvalue weighted by Gasteiger charge is -2.30. The van der Waals surface area contributed by atoms with Gasteiger partial charge in [-0.25, -0.2) is 19.6 Å². The second-order valence-corrected chi connectivity index (χ2v) is 14.4. The lowest BCUT2D eigenvalue weighted by Crippen LogP contribution is -2.52. The smallest absolute Gasteiger partial charge is 0.407 e. The Morgan fingerprint density at radius 3 is 2.11 bits per heavy atom. The zero-order valence-electron chi connectivity index (χ0n) is 31.9. The van der Waals surface area contributed by atoms with Crippen LogP contribution in [0.3, 0.4) is 0 Å². The first kappa shape index (κ1) is 38.3. The van der Waals surface area contributed by atoms with Crippen molar-refractivity contribution >= 4 is 24.0 Å². The number of aromatic nitrogens is 4. The van der Waals surface area contributed by atoms with Crippen molar-refractivity contribution in [2.45, 2.75) is 57.1 Å². The number of carbonyl (C=O) groups excluding carboxylic acids is 4. The van der Waals surface area contributed by atoms with Gasteiger partial charge < -0.3 is 49.3 Å². The van der Waals surface area contributed by atoms with E-state index >= 15 is 0 Å². The molecule has 4 amide bonds. The van der Waals surface area contributed by atoms with E-state index in [0.717, 1.165) is 33.6 Å². The van der Waals surface area contributed by atoms with Gasteiger partial charge in [0.25, 0.3) is 0 Å². The minimum Gasteiger partial charge on any atom is -0.453 e. The molecule has 7 rings (SSSR count). The lowest BCUT2D eigenvalue weighted by molar-refractivity contribution is -0.153. The number of aromatic amines is 2. The molecule has 4 aromatic rings. The number of nitrogens with one attached hydrogen (secondary N) is 4. The third kappa shape index (κ3) is 7.75. The highest BCUT2D eigenvalue weighted by atomic mass is 16.7. The summed E-state index contributed by atoms with van der Waals surface area (Å²) in [5.41, 5.74) is 5.40. The van der Waals surface area contributed by atoms with Crippen molar-refractivity contribution in [1.29, 1.82) is 0 Å². The van der Waals surface area contributed by atoms with Crippen molar-refractivity contribution in [3.63, 3.8) is 0 Å². The highest BCUT2D eigenvalue weighted by molar-refractivity contribution is 5.87. The molecule has 4 atom stereocenters. The van der Waals surface area contributed by atoms with Crippen LogP contribution in [-0.4, -0.2) is 112 Å². The van der Waals surface area contributed by atoms with Gasteiger partial charge in [-0.1, -0.05) is 74.5 Å². The zero-order chi connectivity index (χ0) is 39.6. The van der Waals surface area contributed by atoms with Crippen molar-refractivity contribution in [1.82, 2.24) is 40.4 Å². The summed E-state index contributed by atoms with van der Waals surface area (Å²) < 4.78 is 21.4. The van der Waals surface area contributed by atoms with Gasteiger partial charge in [0.1, 0.15) is 29.8 Å². The second kappa shape index (κ2) is 16.0. The third-order valence-electron chi connectivity index (χ3n) is 10.4. The predicted octanol–water partition coefficient (Wildman–Crippen LogP) is 4.71. The largest absolute Gasteiger partial charge is 0.453 e. The van der Waals surface area contributed by atoms with Crippen LogP contribution >= 0.6 is 0 Å². The first-order chi connectivity index (χ1) is 27.0. The number of carbonyl (C=O) groups is 4. The van der Waals surface area contributed by atoms with Crippen molar-refractivity contribution in [2.24, 2.45) is 5.92 Å². The standard InChI is InChI=1S/C40H46N8O8/c1-23(2)33(46-39(52)54-5)37(50)48-22-40(55-17-18-56-40)19-32(48)35-42-21-30(45-35)28-14-10-26(11-15-28)25-8-12-27(13-9-25)29-20-41-34(44-29)31-7-6-16-47(31)36(49)24(3)43-38(51)53-4/h6-15,20-21,23-24,31-33H,16-19,22H2,1-5H3,(H,41,44)(H,42,45)(H,43,51)(H,46,52)/t24-,31+,32+,33+/m1/s1. The molecule has 0 unspecified atom stereocenters. The quantitative estimate of drug-likeness (QED) is 0.164. The number of imidazole rings is 2. The number of H-pyrrole nitrogens is 2. The highest BCUT2D eigenvalue weighted by Gasteiger charge is 2.52. The number of rotatable bonds is 10. The van der Waals surface area contributed by atoms with Gasteiger partial charge in [0.2, 0.25) is 11.8 Å². The molecule has 16 nitrogen and oxygen atoms in total. The molecule has 2 aromatic heterocycles. The molecule has 2 saturated heterocycles. The fourth-order valence-electron chi connectivity index (χ4n) is 7.40. The van der Waals surface area contributed by atoms with Crippen LogP contribution in [0.1, 0.15) is 50.9 Å². The number of likely N-dealkylation sites (tertiary alicyclic amines) is 1. The van der Waals surface area contributed by atoms with E-state index in [9.17, 15) is 19.2 Å². The summed E-state index contributed by atoms with van der Waals surface area (Å²) >= 11 is 0. The van der Waals surface area contributed by atoms with Gasteiger partial charge in [-0.15, -0.1) is 0 Å². The van der Waals surface area contributed by atoms with E-state index in [0.29, 0.717) is 37.8 Å². The van der Waals surface area contributed by atoms with Gasteiger partial charge in [0.15, 0.2) is 5.79 Å². The fourth-order valence-corrected chi connectivity index (χ4v) is 7.40. The fraction of sp³-hybridized carbons (Fsp3) is 0.400. The van der Waals surface area contributed by atoms with Gasteiger partial charge in [-0.05, 0) is 29.5 Å². The molecule has 3 aliphatic heterocycles. The van der Waals surface area contributed by atoms with E-state index in [4.69, 9.17) is 24.2 Å². The van der Waals surface area contributed by atoms with E-state index in [1.54, 1.807) is 22.9 Å². The van der Waals surface area contributed by atoms with E-state index in [1.165, 1.54) is 14.2 Å². The molecular formula is C40H46N8O8. The summed E-state index contributed by atoms with van der Waals surface area (Å²) in [5.74, 6) is -0.417. The van der Waals surface area contributed by atoms with Gasteiger partial charge in [0, 0.05) is 24.7 Å². The molecule has 0 saturated carbocycles.